The van der Waals surface area contributed by atoms with Crippen LogP contribution in [-0.4, -0.2) is 27.4 Å². The highest BCUT2D eigenvalue weighted by molar-refractivity contribution is 14.1. The van der Waals surface area contributed by atoms with Gasteiger partial charge < -0.3 is 14.3 Å². The lowest BCUT2D eigenvalue weighted by atomic mass is 10.2. The first-order valence-corrected chi connectivity index (χ1v) is 10.4. The van der Waals surface area contributed by atoms with Gasteiger partial charge in [-0.25, -0.2) is 4.79 Å². The summed E-state index contributed by atoms with van der Waals surface area (Å²) in [6, 6.07) is 3.77. The Morgan fingerprint density at radius 3 is 2.48 bits per heavy atom. The van der Waals surface area contributed by atoms with Crippen LogP contribution in [0.5, 0.6) is 5.75 Å². The minimum absolute atomic E-state index is 0.0684. The maximum atomic E-state index is 11.6. The molecule has 0 bridgehead atoms. The number of ether oxygens (including phenoxy) is 1. The summed E-state index contributed by atoms with van der Waals surface area (Å²) in [5, 5.41) is 17.4. The first kappa shape index (κ1) is 20.5. The Morgan fingerprint density at radius 2 is 2.00 bits per heavy atom. The summed E-state index contributed by atoms with van der Waals surface area (Å²) in [7, 11) is 0. The van der Waals surface area contributed by atoms with Gasteiger partial charge in [0.1, 0.15) is 10.7 Å². The fourth-order valence-electron chi connectivity index (χ4n) is 1.81. The first-order chi connectivity index (χ1) is 11.8. The number of thioether (sulfide) groups is 1. The molecule has 0 aliphatic heterocycles. The first-order valence-electron chi connectivity index (χ1n) is 7.41. The molecule has 0 aliphatic carbocycles. The molecule has 1 heterocycles. The number of carboxylic acids is 1. The lowest BCUT2D eigenvalue weighted by Crippen LogP contribution is -2.08. The van der Waals surface area contributed by atoms with Crippen LogP contribution >= 0.6 is 56.9 Å². The highest BCUT2D eigenvalue weighted by atomic mass is 127. The molecule has 25 heavy (non-hydrogen) atoms. The molecule has 2 rings (SSSR count). The van der Waals surface area contributed by atoms with Crippen molar-refractivity contribution in [3.05, 3.63) is 35.6 Å². The van der Waals surface area contributed by atoms with Crippen molar-refractivity contribution >= 4 is 69.0 Å². The smallest absolute Gasteiger partial charge is 0.342 e. The van der Waals surface area contributed by atoms with E-state index in [1.165, 1.54) is 0 Å². The molecule has 0 unspecified atom stereocenters. The maximum Gasteiger partial charge on any atom is 0.342 e. The van der Waals surface area contributed by atoms with Crippen LogP contribution < -0.4 is 4.74 Å². The summed E-state index contributed by atoms with van der Waals surface area (Å²) in [5.41, 5.74) is 0.769. The zero-order valence-corrected chi connectivity index (χ0v) is 18.9. The number of aliphatic carboxylic acids is 1. The normalized spacial score (nSPS) is 11.8. The van der Waals surface area contributed by atoms with E-state index in [0.717, 1.165) is 30.2 Å². The Labute approximate surface area is 177 Å². The number of carbonyl (C=O) groups is 1. The van der Waals surface area contributed by atoms with Crippen LogP contribution in [-0.2, 0) is 11.2 Å². The standard InChI is InChI=1S/C16H16I2N2O4S/c1-4-13-19-20-16(24-13)25-12(15(21)22)7-9-5-10(17)14(11(18)6-9)23-8(2)3/h5-8H,4H2,1-3H3,(H,21,22)/b12-7-. The second-order valence-electron chi connectivity index (χ2n) is 5.21. The molecule has 0 fully saturated rings. The van der Waals surface area contributed by atoms with Crippen molar-refractivity contribution in [3.63, 3.8) is 0 Å². The summed E-state index contributed by atoms with van der Waals surface area (Å²) in [4.78, 5) is 11.7. The lowest BCUT2D eigenvalue weighted by Gasteiger charge is -2.14. The minimum atomic E-state index is -1.05. The van der Waals surface area contributed by atoms with Gasteiger partial charge in [0.25, 0.3) is 5.22 Å². The number of hydrogen-bond acceptors (Lipinski definition) is 6. The second-order valence-corrected chi connectivity index (χ2v) is 8.53. The van der Waals surface area contributed by atoms with Gasteiger partial charge in [-0.15, -0.1) is 10.2 Å². The van der Waals surface area contributed by atoms with Crippen molar-refractivity contribution in [1.82, 2.24) is 10.2 Å². The third-order valence-electron chi connectivity index (χ3n) is 2.83. The van der Waals surface area contributed by atoms with Crippen molar-refractivity contribution in [2.24, 2.45) is 0 Å². The molecule has 0 atom stereocenters. The third kappa shape index (κ3) is 5.84. The Morgan fingerprint density at radius 1 is 1.36 bits per heavy atom. The summed E-state index contributed by atoms with van der Waals surface area (Å²) in [5.74, 6) is 0.239. The summed E-state index contributed by atoms with van der Waals surface area (Å²) in [6.07, 6.45) is 2.26. The average molecular weight is 586 g/mol. The molecule has 0 saturated heterocycles. The molecule has 9 heteroatoms. The van der Waals surface area contributed by atoms with E-state index < -0.39 is 5.97 Å². The van der Waals surface area contributed by atoms with Crippen LogP contribution in [0.3, 0.4) is 0 Å². The van der Waals surface area contributed by atoms with Gasteiger partial charge in [-0.2, -0.15) is 0 Å². The third-order valence-corrected chi connectivity index (χ3v) is 5.29. The number of aryl methyl sites for hydroxylation is 1. The van der Waals surface area contributed by atoms with Crippen LogP contribution in [0, 0.1) is 7.14 Å². The summed E-state index contributed by atoms with van der Waals surface area (Å²) in [6.45, 7) is 5.82. The molecule has 1 aromatic carbocycles. The highest BCUT2D eigenvalue weighted by Crippen LogP contribution is 2.33. The summed E-state index contributed by atoms with van der Waals surface area (Å²) >= 11 is 5.31. The zero-order valence-electron chi connectivity index (χ0n) is 13.7. The van der Waals surface area contributed by atoms with Crippen LogP contribution in [0.25, 0.3) is 6.08 Å². The van der Waals surface area contributed by atoms with Crippen molar-refractivity contribution in [3.8, 4) is 5.75 Å². The largest absolute Gasteiger partial charge is 0.489 e. The van der Waals surface area contributed by atoms with Crippen molar-refractivity contribution in [2.45, 2.75) is 38.5 Å². The average Bonchev–Trinajstić information content (AvgIpc) is 2.97. The van der Waals surface area contributed by atoms with E-state index in [1.54, 1.807) is 6.08 Å². The van der Waals surface area contributed by atoms with Crippen molar-refractivity contribution in [1.29, 1.82) is 0 Å². The van der Waals surface area contributed by atoms with E-state index in [4.69, 9.17) is 9.15 Å². The van der Waals surface area contributed by atoms with Crippen LogP contribution in [0.2, 0.25) is 0 Å². The Bertz CT molecular complexity index is 782. The van der Waals surface area contributed by atoms with Gasteiger partial charge >= 0.3 is 5.97 Å². The fraction of sp³-hybridized carbons (Fsp3) is 0.312. The zero-order chi connectivity index (χ0) is 18.6. The minimum Gasteiger partial charge on any atom is -0.489 e. The molecule has 0 saturated carbocycles. The Hall–Kier alpha value is -0.820. The van der Waals surface area contributed by atoms with E-state index in [2.05, 4.69) is 55.4 Å². The molecular formula is C16H16I2N2O4S. The van der Waals surface area contributed by atoms with Crippen molar-refractivity contribution < 1.29 is 19.1 Å². The maximum absolute atomic E-state index is 11.6. The topological polar surface area (TPSA) is 85.5 Å². The predicted octanol–water partition coefficient (Wildman–Crippen LogP) is 4.85. The number of aromatic nitrogens is 2. The molecule has 0 aliphatic rings. The quantitative estimate of drug-likeness (QED) is 0.282. The predicted molar refractivity (Wildman–Crippen MR) is 113 cm³/mol. The number of nitrogens with zero attached hydrogens (tertiary/aromatic N) is 2. The molecule has 1 aromatic heterocycles. The number of hydrogen-bond donors (Lipinski definition) is 1. The van der Waals surface area contributed by atoms with E-state index in [1.807, 2.05) is 32.9 Å². The molecular weight excluding hydrogens is 570 g/mol. The van der Waals surface area contributed by atoms with Crippen LogP contribution in [0.1, 0.15) is 32.2 Å². The van der Waals surface area contributed by atoms with E-state index in [-0.39, 0.29) is 16.2 Å². The van der Waals surface area contributed by atoms with Gasteiger partial charge in [0, 0.05) is 6.42 Å². The monoisotopic (exact) mass is 586 g/mol. The SMILES string of the molecule is CCc1nnc(S/C(=C\c2cc(I)c(OC(C)C)c(I)c2)C(=O)O)o1. The van der Waals surface area contributed by atoms with Gasteiger partial charge in [0.2, 0.25) is 5.89 Å². The number of benzene rings is 1. The molecule has 0 spiro atoms. The molecule has 134 valence electrons. The fourth-order valence-corrected chi connectivity index (χ4v) is 4.57. The molecule has 2 aromatic rings. The van der Waals surface area contributed by atoms with Gasteiger partial charge in [-0.3, -0.25) is 0 Å². The van der Waals surface area contributed by atoms with E-state index >= 15 is 0 Å². The number of carboxylic acid groups (broad SMARTS) is 1. The van der Waals surface area contributed by atoms with E-state index in [0.29, 0.717) is 12.3 Å². The molecule has 6 nitrogen and oxygen atoms in total. The van der Waals surface area contributed by atoms with Gasteiger partial charge in [-0.1, -0.05) is 6.92 Å². The number of rotatable bonds is 7. The van der Waals surface area contributed by atoms with Gasteiger partial charge in [0.05, 0.1) is 13.2 Å². The molecule has 0 radical (unpaired) electrons. The molecule has 0 amide bonds. The molecule has 1 N–H and O–H groups in total. The highest BCUT2D eigenvalue weighted by Gasteiger charge is 2.16. The second kappa shape index (κ2) is 9.21. The van der Waals surface area contributed by atoms with Crippen molar-refractivity contribution in [2.75, 3.05) is 0 Å². The van der Waals surface area contributed by atoms with Gasteiger partial charge in [-0.05, 0) is 94.6 Å². The number of halogens is 2. The lowest BCUT2D eigenvalue weighted by molar-refractivity contribution is -0.131. The van der Waals surface area contributed by atoms with Crippen LogP contribution in [0.4, 0.5) is 0 Å². The van der Waals surface area contributed by atoms with Crippen LogP contribution in [0.15, 0.2) is 26.7 Å². The summed E-state index contributed by atoms with van der Waals surface area (Å²) < 4.78 is 13.0. The Kier molecular flexibility index (Phi) is 7.55. The Balaban J connectivity index is 2.32. The van der Waals surface area contributed by atoms with Gasteiger partial charge in [0.15, 0.2) is 0 Å². The van der Waals surface area contributed by atoms with E-state index in [9.17, 15) is 9.90 Å².